The zero-order valence-corrected chi connectivity index (χ0v) is 13.3. The Labute approximate surface area is 133 Å². The van der Waals surface area contributed by atoms with Crippen molar-refractivity contribution in [1.29, 1.82) is 0 Å². The number of rotatable bonds is 8. The van der Waals surface area contributed by atoms with E-state index in [-0.39, 0.29) is 24.6 Å². The molecule has 1 aromatic rings. The van der Waals surface area contributed by atoms with E-state index < -0.39 is 17.6 Å². The first-order valence-electron chi connectivity index (χ1n) is 7.62. The van der Waals surface area contributed by atoms with Gasteiger partial charge in [-0.15, -0.1) is 0 Å². The molecule has 0 radical (unpaired) electrons. The van der Waals surface area contributed by atoms with Crippen molar-refractivity contribution in [2.75, 3.05) is 19.6 Å². The number of alkyl halides is 3. The summed E-state index contributed by atoms with van der Waals surface area (Å²) >= 11 is 0. The van der Waals surface area contributed by atoms with Gasteiger partial charge >= 0.3 is 6.18 Å². The molecular weight excluding hydrogens is 312 g/mol. The van der Waals surface area contributed by atoms with Crippen molar-refractivity contribution in [3.8, 4) is 0 Å². The van der Waals surface area contributed by atoms with Crippen LogP contribution in [0.2, 0.25) is 0 Å². The van der Waals surface area contributed by atoms with E-state index >= 15 is 0 Å². The third-order valence-corrected chi connectivity index (χ3v) is 3.30. The summed E-state index contributed by atoms with van der Waals surface area (Å²) in [5, 5.41) is 2.48. The first-order chi connectivity index (χ1) is 10.8. The largest absolute Gasteiger partial charge is 0.416 e. The second kappa shape index (κ2) is 8.86. The molecule has 0 aliphatic carbocycles. The van der Waals surface area contributed by atoms with Crippen LogP contribution in [0.3, 0.4) is 0 Å². The lowest BCUT2D eigenvalue weighted by molar-refractivity contribution is -0.138. The van der Waals surface area contributed by atoms with E-state index in [0.717, 1.165) is 38.1 Å². The minimum Gasteiger partial charge on any atom is -0.351 e. The van der Waals surface area contributed by atoms with Crippen LogP contribution in [-0.4, -0.2) is 30.4 Å². The third kappa shape index (κ3) is 6.56. The van der Waals surface area contributed by atoms with Gasteiger partial charge in [-0.25, -0.2) is 4.39 Å². The van der Waals surface area contributed by atoms with Gasteiger partial charge in [0.25, 0.3) is 0 Å². The van der Waals surface area contributed by atoms with Gasteiger partial charge in [0.05, 0.1) is 12.1 Å². The fourth-order valence-electron chi connectivity index (χ4n) is 2.32. The Morgan fingerprint density at radius 1 is 1.17 bits per heavy atom. The van der Waals surface area contributed by atoms with Gasteiger partial charge in [0.15, 0.2) is 0 Å². The summed E-state index contributed by atoms with van der Waals surface area (Å²) in [5.74, 6) is -1.30. The van der Waals surface area contributed by atoms with E-state index in [1.807, 2.05) is 18.7 Å². The van der Waals surface area contributed by atoms with Gasteiger partial charge in [0, 0.05) is 6.54 Å². The Bertz CT molecular complexity index is 511. The van der Waals surface area contributed by atoms with Gasteiger partial charge in [-0.05, 0) is 43.6 Å². The Hall–Kier alpha value is -1.63. The summed E-state index contributed by atoms with van der Waals surface area (Å²) in [7, 11) is 0. The van der Waals surface area contributed by atoms with Gasteiger partial charge in [-0.2, -0.15) is 13.2 Å². The number of nitrogens with zero attached hydrogens (tertiary/aromatic N) is 1. The van der Waals surface area contributed by atoms with Gasteiger partial charge in [-0.3, -0.25) is 9.69 Å². The third-order valence-electron chi connectivity index (χ3n) is 3.30. The molecule has 0 spiro atoms. The topological polar surface area (TPSA) is 32.3 Å². The monoisotopic (exact) mass is 334 g/mol. The number of carbonyl (C=O) groups excluding carboxylic acids is 1. The molecular formula is C16H22F4N2O. The smallest absolute Gasteiger partial charge is 0.351 e. The van der Waals surface area contributed by atoms with Crippen LogP contribution in [0.1, 0.15) is 37.8 Å². The van der Waals surface area contributed by atoms with Crippen LogP contribution in [0, 0.1) is 5.82 Å². The van der Waals surface area contributed by atoms with Crippen molar-refractivity contribution in [2.24, 2.45) is 0 Å². The molecule has 0 atom stereocenters. The van der Waals surface area contributed by atoms with Crippen molar-refractivity contribution in [1.82, 2.24) is 10.2 Å². The van der Waals surface area contributed by atoms with Crippen molar-refractivity contribution >= 4 is 5.91 Å². The van der Waals surface area contributed by atoms with Crippen LogP contribution in [0.5, 0.6) is 0 Å². The van der Waals surface area contributed by atoms with E-state index in [1.165, 1.54) is 0 Å². The lowest BCUT2D eigenvalue weighted by Crippen LogP contribution is -2.38. The Balaban J connectivity index is 2.69. The molecule has 23 heavy (non-hydrogen) atoms. The van der Waals surface area contributed by atoms with Crippen molar-refractivity contribution in [2.45, 2.75) is 39.4 Å². The summed E-state index contributed by atoms with van der Waals surface area (Å²) in [6, 6.07) is 2.45. The van der Waals surface area contributed by atoms with Crippen LogP contribution >= 0.6 is 0 Å². The second-order valence-electron chi connectivity index (χ2n) is 5.35. The quantitative estimate of drug-likeness (QED) is 0.737. The summed E-state index contributed by atoms with van der Waals surface area (Å²) < 4.78 is 51.7. The Morgan fingerprint density at radius 3 is 2.30 bits per heavy atom. The maximum absolute atomic E-state index is 13.0. The number of amides is 1. The molecule has 0 saturated heterocycles. The van der Waals surface area contributed by atoms with E-state index in [4.69, 9.17) is 0 Å². The zero-order chi connectivity index (χ0) is 17.5. The lowest BCUT2D eigenvalue weighted by atomic mass is 10.1. The van der Waals surface area contributed by atoms with Crippen LogP contribution in [0.25, 0.3) is 0 Å². The molecule has 0 heterocycles. The van der Waals surface area contributed by atoms with Gasteiger partial charge < -0.3 is 5.32 Å². The highest BCUT2D eigenvalue weighted by atomic mass is 19.4. The predicted molar refractivity (Wildman–Crippen MR) is 80.3 cm³/mol. The number of halogens is 4. The average Bonchev–Trinajstić information content (AvgIpc) is 2.45. The normalized spacial score (nSPS) is 11.8. The molecule has 130 valence electrons. The molecule has 1 aromatic carbocycles. The van der Waals surface area contributed by atoms with E-state index in [0.29, 0.717) is 6.07 Å². The van der Waals surface area contributed by atoms with E-state index in [1.54, 1.807) is 0 Å². The van der Waals surface area contributed by atoms with Crippen LogP contribution in [-0.2, 0) is 17.5 Å². The van der Waals surface area contributed by atoms with E-state index in [2.05, 4.69) is 5.32 Å². The highest BCUT2D eigenvalue weighted by Gasteiger charge is 2.33. The lowest BCUT2D eigenvalue weighted by Gasteiger charge is -2.20. The molecule has 0 saturated carbocycles. The number of benzene rings is 1. The first kappa shape index (κ1) is 19.4. The molecule has 7 heteroatoms. The molecule has 3 nitrogen and oxygen atoms in total. The van der Waals surface area contributed by atoms with Gasteiger partial charge in [0.1, 0.15) is 5.82 Å². The molecule has 0 fully saturated rings. The molecule has 0 aromatic heterocycles. The number of hydrogen-bond donors (Lipinski definition) is 1. The van der Waals surface area contributed by atoms with Crippen molar-refractivity contribution < 1.29 is 22.4 Å². The van der Waals surface area contributed by atoms with Crippen molar-refractivity contribution in [3.63, 3.8) is 0 Å². The van der Waals surface area contributed by atoms with Crippen LogP contribution in [0.4, 0.5) is 17.6 Å². The maximum Gasteiger partial charge on any atom is 0.416 e. The summed E-state index contributed by atoms with van der Waals surface area (Å²) in [6.45, 7) is 5.37. The second-order valence-corrected chi connectivity index (χ2v) is 5.35. The number of hydrogen-bond acceptors (Lipinski definition) is 2. The summed E-state index contributed by atoms with van der Waals surface area (Å²) in [5.41, 5.74) is -1.21. The minimum atomic E-state index is -4.65. The SMILES string of the molecule is CCCN(CCC)CC(=O)NCc1ccc(F)cc1C(F)(F)F. The summed E-state index contributed by atoms with van der Waals surface area (Å²) in [6.07, 6.45) is -2.87. The van der Waals surface area contributed by atoms with Crippen LogP contribution in [0.15, 0.2) is 18.2 Å². The van der Waals surface area contributed by atoms with Gasteiger partial charge in [-0.1, -0.05) is 19.9 Å². The predicted octanol–water partition coefficient (Wildman–Crippen LogP) is 3.58. The Kier molecular flexibility index (Phi) is 7.48. The summed E-state index contributed by atoms with van der Waals surface area (Å²) in [4.78, 5) is 13.8. The fraction of sp³-hybridized carbons (Fsp3) is 0.562. The highest BCUT2D eigenvalue weighted by Crippen LogP contribution is 2.32. The maximum atomic E-state index is 13.0. The zero-order valence-electron chi connectivity index (χ0n) is 13.3. The molecule has 0 bridgehead atoms. The van der Waals surface area contributed by atoms with Gasteiger partial charge in [0.2, 0.25) is 5.91 Å². The fourth-order valence-corrected chi connectivity index (χ4v) is 2.32. The molecule has 1 amide bonds. The highest BCUT2D eigenvalue weighted by molar-refractivity contribution is 5.78. The van der Waals surface area contributed by atoms with Crippen LogP contribution < -0.4 is 5.32 Å². The molecule has 1 N–H and O–H groups in total. The molecule has 0 aliphatic heterocycles. The van der Waals surface area contributed by atoms with Crippen molar-refractivity contribution in [3.05, 3.63) is 35.1 Å². The number of nitrogens with one attached hydrogen (secondary N) is 1. The van der Waals surface area contributed by atoms with E-state index in [9.17, 15) is 22.4 Å². The average molecular weight is 334 g/mol. The molecule has 0 unspecified atom stereocenters. The number of carbonyl (C=O) groups is 1. The standard InChI is InChI=1S/C16H22F4N2O/c1-3-7-22(8-4-2)11-15(23)21-10-12-5-6-13(17)9-14(12)16(18,19)20/h5-6,9H,3-4,7-8,10-11H2,1-2H3,(H,21,23). The molecule has 1 rings (SSSR count). The minimum absolute atomic E-state index is 0.143. The Morgan fingerprint density at radius 2 is 1.78 bits per heavy atom. The first-order valence-corrected chi connectivity index (χ1v) is 7.62. The molecule has 0 aliphatic rings.